The summed E-state index contributed by atoms with van der Waals surface area (Å²) in [7, 11) is 0. The van der Waals surface area contributed by atoms with Crippen LogP contribution >= 0.6 is 0 Å². The van der Waals surface area contributed by atoms with E-state index >= 15 is 0 Å². The molecule has 0 radical (unpaired) electrons. The summed E-state index contributed by atoms with van der Waals surface area (Å²) in [6.07, 6.45) is 1.52. The number of aryl methyl sites for hydroxylation is 2. The third kappa shape index (κ3) is 3.45. The molecule has 25 heavy (non-hydrogen) atoms. The molecule has 0 atom stereocenters. The third-order valence-electron chi connectivity index (χ3n) is 3.92. The number of nitrogens with zero attached hydrogens (tertiary/aromatic N) is 1. The molecule has 0 saturated carbocycles. The molecular formula is C20H19FN2O2. The minimum atomic E-state index is -0.444. The largest absolute Gasteiger partial charge is 0.462 e. The summed E-state index contributed by atoms with van der Waals surface area (Å²) in [5.41, 5.74) is 4.54. The Morgan fingerprint density at radius 3 is 2.60 bits per heavy atom. The summed E-state index contributed by atoms with van der Waals surface area (Å²) in [6.45, 7) is 6.01. The Morgan fingerprint density at radius 1 is 1.20 bits per heavy atom. The fourth-order valence-electron chi connectivity index (χ4n) is 2.84. The van der Waals surface area contributed by atoms with Crippen molar-refractivity contribution >= 4 is 28.2 Å². The van der Waals surface area contributed by atoms with Crippen LogP contribution in [0.15, 0.2) is 42.6 Å². The second-order valence-corrected chi connectivity index (χ2v) is 5.88. The molecule has 2 aromatic carbocycles. The highest BCUT2D eigenvalue weighted by atomic mass is 19.1. The molecule has 1 aromatic heterocycles. The van der Waals surface area contributed by atoms with E-state index in [9.17, 15) is 9.18 Å². The van der Waals surface area contributed by atoms with E-state index in [1.54, 1.807) is 19.1 Å². The summed E-state index contributed by atoms with van der Waals surface area (Å²) in [4.78, 5) is 16.8. The van der Waals surface area contributed by atoms with Gasteiger partial charge >= 0.3 is 5.97 Å². The fourth-order valence-corrected chi connectivity index (χ4v) is 2.84. The molecule has 128 valence electrons. The Hall–Kier alpha value is -2.95. The number of halogens is 1. The standard InChI is InChI=1S/C20H19FN2O2/c1-4-25-20(24)17-11-22-18-13(3)9-12(2)10-16(18)19(17)23-15-7-5-14(21)6-8-15/h5-11H,4H2,1-3H3,(H,22,23). The van der Waals surface area contributed by atoms with Crippen LogP contribution in [0.1, 0.15) is 28.4 Å². The number of nitrogens with one attached hydrogen (secondary N) is 1. The van der Waals surface area contributed by atoms with Gasteiger partial charge in [0, 0.05) is 17.3 Å². The zero-order valence-corrected chi connectivity index (χ0v) is 14.4. The normalized spacial score (nSPS) is 10.7. The van der Waals surface area contributed by atoms with Crippen molar-refractivity contribution in [1.29, 1.82) is 0 Å². The van der Waals surface area contributed by atoms with E-state index in [0.29, 0.717) is 16.9 Å². The average molecular weight is 338 g/mol. The van der Waals surface area contributed by atoms with Crippen LogP contribution in [0.2, 0.25) is 0 Å². The van der Waals surface area contributed by atoms with Crippen LogP contribution in [0.3, 0.4) is 0 Å². The monoisotopic (exact) mass is 338 g/mol. The SMILES string of the molecule is CCOC(=O)c1cnc2c(C)cc(C)cc2c1Nc1ccc(F)cc1. The van der Waals surface area contributed by atoms with E-state index in [-0.39, 0.29) is 12.4 Å². The van der Waals surface area contributed by atoms with Gasteiger partial charge in [-0.1, -0.05) is 11.6 Å². The van der Waals surface area contributed by atoms with Crippen molar-refractivity contribution in [2.75, 3.05) is 11.9 Å². The predicted molar refractivity (Wildman–Crippen MR) is 96.9 cm³/mol. The molecule has 5 heteroatoms. The highest BCUT2D eigenvalue weighted by Gasteiger charge is 2.18. The third-order valence-corrected chi connectivity index (χ3v) is 3.92. The van der Waals surface area contributed by atoms with Crippen LogP contribution in [0.4, 0.5) is 15.8 Å². The Bertz CT molecular complexity index is 937. The molecule has 0 saturated heterocycles. The van der Waals surface area contributed by atoms with Gasteiger partial charge < -0.3 is 10.1 Å². The zero-order chi connectivity index (χ0) is 18.0. The highest BCUT2D eigenvalue weighted by molar-refractivity contribution is 6.06. The summed E-state index contributed by atoms with van der Waals surface area (Å²) in [6, 6.07) is 10.0. The van der Waals surface area contributed by atoms with E-state index in [4.69, 9.17) is 4.74 Å². The molecule has 0 aliphatic rings. The van der Waals surface area contributed by atoms with Crippen LogP contribution in [0.25, 0.3) is 10.9 Å². The van der Waals surface area contributed by atoms with Crippen LogP contribution in [-0.4, -0.2) is 17.6 Å². The minimum Gasteiger partial charge on any atom is -0.462 e. The quantitative estimate of drug-likeness (QED) is 0.687. The number of carbonyl (C=O) groups is 1. The summed E-state index contributed by atoms with van der Waals surface area (Å²) >= 11 is 0. The van der Waals surface area contributed by atoms with Gasteiger partial charge in [0.05, 0.1) is 17.8 Å². The predicted octanol–water partition coefficient (Wildman–Crippen LogP) is 4.91. The number of rotatable bonds is 4. The van der Waals surface area contributed by atoms with Gasteiger partial charge in [-0.15, -0.1) is 0 Å². The molecule has 0 fully saturated rings. The van der Waals surface area contributed by atoms with Crippen molar-refractivity contribution in [3.8, 4) is 0 Å². The second-order valence-electron chi connectivity index (χ2n) is 5.88. The molecule has 0 amide bonds. The summed E-state index contributed by atoms with van der Waals surface area (Å²) in [5, 5.41) is 4.06. The van der Waals surface area contributed by atoms with Gasteiger partial charge in [-0.25, -0.2) is 9.18 Å². The molecule has 4 nitrogen and oxygen atoms in total. The maximum absolute atomic E-state index is 13.2. The van der Waals surface area contributed by atoms with Crippen molar-refractivity contribution in [3.63, 3.8) is 0 Å². The Kier molecular flexibility index (Phi) is 4.65. The fraction of sp³-hybridized carbons (Fsp3) is 0.200. The van der Waals surface area contributed by atoms with Gasteiger partial charge in [0.2, 0.25) is 0 Å². The van der Waals surface area contributed by atoms with Crippen molar-refractivity contribution in [2.24, 2.45) is 0 Å². The molecule has 0 aliphatic carbocycles. The Balaban J connectivity index is 2.21. The van der Waals surface area contributed by atoms with Gasteiger partial charge in [0.15, 0.2) is 0 Å². The lowest BCUT2D eigenvalue weighted by atomic mass is 10.0. The molecule has 1 N–H and O–H groups in total. The van der Waals surface area contributed by atoms with E-state index in [0.717, 1.165) is 22.0 Å². The summed E-state index contributed by atoms with van der Waals surface area (Å²) in [5.74, 6) is -0.761. The molecule has 0 aliphatic heterocycles. The number of hydrogen-bond donors (Lipinski definition) is 1. The number of carbonyl (C=O) groups excluding carboxylic acids is 1. The Labute approximate surface area is 145 Å². The number of hydrogen-bond acceptors (Lipinski definition) is 4. The van der Waals surface area contributed by atoms with E-state index in [1.807, 2.05) is 26.0 Å². The number of esters is 1. The molecule has 0 unspecified atom stereocenters. The van der Waals surface area contributed by atoms with Crippen LogP contribution in [0, 0.1) is 19.7 Å². The van der Waals surface area contributed by atoms with Crippen molar-refractivity contribution < 1.29 is 13.9 Å². The molecule has 1 heterocycles. The minimum absolute atomic E-state index is 0.277. The first-order valence-corrected chi connectivity index (χ1v) is 8.09. The number of benzene rings is 2. The molecule has 0 bridgehead atoms. The molecule has 3 aromatic rings. The van der Waals surface area contributed by atoms with Gasteiger partial charge in [0.25, 0.3) is 0 Å². The number of pyridine rings is 1. The lowest BCUT2D eigenvalue weighted by molar-refractivity contribution is 0.0527. The van der Waals surface area contributed by atoms with Gasteiger partial charge in [-0.2, -0.15) is 0 Å². The van der Waals surface area contributed by atoms with Crippen molar-refractivity contribution in [3.05, 3.63) is 65.1 Å². The van der Waals surface area contributed by atoms with Crippen LogP contribution < -0.4 is 5.32 Å². The second kappa shape index (κ2) is 6.89. The first kappa shape index (κ1) is 16.9. The van der Waals surface area contributed by atoms with Crippen LogP contribution in [0.5, 0.6) is 0 Å². The van der Waals surface area contributed by atoms with E-state index in [1.165, 1.54) is 18.3 Å². The lowest BCUT2D eigenvalue weighted by Gasteiger charge is -2.15. The Morgan fingerprint density at radius 2 is 1.92 bits per heavy atom. The van der Waals surface area contributed by atoms with Gasteiger partial charge in [0.1, 0.15) is 11.4 Å². The lowest BCUT2D eigenvalue weighted by Crippen LogP contribution is -2.09. The van der Waals surface area contributed by atoms with E-state index < -0.39 is 5.97 Å². The summed E-state index contributed by atoms with van der Waals surface area (Å²) < 4.78 is 18.3. The number of fused-ring (bicyclic) bond motifs is 1. The first-order valence-electron chi connectivity index (χ1n) is 8.09. The number of anilines is 2. The van der Waals surface area contributed by atoms with Gasteiger partial charge in [-0.3, -0.25) is 4.98 Å². The van der Waals surface area contributed by atoms with Crippen molar-refractivity contribution in [1.82, 2.24) is 4.98 Å². The van der Waals surface area contributed by atoms with Crippen molar-refractivity contribution in [2.45, 2.75) is 20.8 Å². The molecule has 0 spiro atoms. The highest BCUT2D eigenvalue weighted by Crippen LogP contribution is 2.32. The van der Waals surface area contributed by atoms with Crippen LogP contribution in [-0.2, 0) is 4.74 Å². The molecule has 3 rings (SSSR count). The molecular weight excluding hydrogens is 319 g/mol. The average Bonchev–Trinajstić information content (AvgIpc) is 2.57. The maximum atomic E-state index is 13.2. The van der Waals surface area contributed by atoms with Gasteiger partial charge in [-0.05, 0) is 56.7 Å². The van der Waals surface area contributed by atoms with E-state index in [2.05, 4.69) is 10.3 Å². The smallest absolute Gasteiger partial charge is 0.341 e. The first-order chi connectivity index (χ1) is 12.0. The topological polar surface area (TPSA) is 51.2 Å². The number of ether oxygens (including phenoxy) is 1. The maximum Gasteiger partial charge on any atom is 0.341 e. The number of aromatic nitrogens is 1. The zero-order valence-electron chi connectivity index (χ0n) is 14.4.